The van der Waals surface area contributed by atoms with E-state index in [1.54, 1.807) is 4.90 Å². The van der Waals surface area contributed by atoms with Crippen LogP contribution in [-0.4, -0.2) is 33.1 Å². The molecule has 1 N–H and O–H groups in total. The molecule has 138 valence electrons. The number of nitrogens with one attached hydrogen (secondary N) is 1. The molecule has 0 saturated carbocycles. The Labute approximate surface area is 153 Å². The van der Waals surface area contributed by atoms with Crippen LogP contribution < -0.4 is 4.74 Å². The molecule has 0 radical (unpaired) electrons. The predicted molar refractivity (Wildman–Crippen MR) is 98.0 cm³/mol. The number of imidazole rings is 1. The van der Waals surface area contributed by atoms with Crippen LogP contribution in [0.3, 0.4) is 0 Å². The largest absolute Gasteiger partial charge is 0.487 e. The molecule has 0 spiro atoms. The molecule has 2 aromatic rings. The van der Waals surface area contributed by atoms with Gasteiger partial charge in [-0.05, 0) is 58.2 Å². The molecule has 1 saturated heterocycles. The molecule has 1 atom stereocenters. The van der Waals surface area contributed by atoms with Crippen molar-refractivity contribution in [3.05, 3.63) is 35.3 Å². The summed E-state index contributed by atoms with van der Waals surface area (Å²) in [7, 11) is 0. The number of likely N-dealkylation sites (tertiary alicyclic amines) is 1. The molecule has 1 aromatic carbocycles. The van der Waals surface area contributed by atoms with Crippen molar-refractivity contribution < 1.29 is 14.3 Å². The lowest BCUT2D eigenvalue weighted by Crippen LogP contribution is -2.36. The van der Waals surface area contributed by atoms with Crippen LogP contribution in [0.1, 0.15) is 56.7 Å². The second-order valence-electron chi connectivity index (χ2n) is 8.07. The highest BCUT2D eigenvalue weighted by Crippen LogP contribution is 2.39. The highest BCUT2D eigenvalue weighted by molar-refractivity contribution is 5.72. The van der Waals surface area contributed by atoms with Gasteiger partial charge in [-0.15, -0.1) is 0 Å². The van der Waals surface area contributed by atoms with Crippen LogP contribution in [0.15, 0.2) is 18.2 Å². The van der Waals surface area contributed by atoms with Gasteiger partial charge in [0.2, 0.25) is 0 Å². The zero-order chi connectivity index (χ0) is 18.5. The molecule has 1 fully saturated rings. The number of carbonyl (C=O) groups is 1. The minimum atomic E-state index is -0.503. The van der Waals surface area contributed by atoms with Crippen LogP contribution in [0.2, 0.25) is 0 Å². The monoisotopic (exact) mass is 355 g/mol. The number of rotatable bonds is 1. The highest BCUT2D eigenvalue weighted by atomic mass is 16.6. The van der Waals surface area contributed by atoms with Gasteiger partial charge in [-0.3, -0.25) is 4.90 Å². The SMILES string of the molecule is Cc1ccc2c(c1)OCc1[nH]c([C@@H]3CCCN3C(=O)OC(C)(C)C)nc1-2. The number of benzene rings is 1. The Bertz CT molecular complexity index is 850. The summed E-state index contributed by atoms with van der Waals surface area (Å²) in [5, 5.41) is 0. The Balaban J connectivity index is 1.63. The van der Waals surface area contributed by atoms with Crippen LogP contribution in [0.5, 0.6) is 5.75 Å². The molecule has 1 aromatic heterocycles. The number of amides is 1. The standard InChI is InChI=1S/C20H25N3O3/c1-12-7-8-13-16(10-12)25-11-14-17(13)22-18(21-14)15-6-5-9-23(15)19(24)26-20(2,3)4/h7-8,10,15H,5-6,9,11H2,1-4H3,(H,21,22)/t15-/m0/s1. The van der Waals surface area contributed by atoms with E-state index in [1.165, 1.54) is 0 Å². The minimum Gasteiger partial charge on any atom is -0.487 e. The molecule has 0 unspecified atom stereocenters. The van der Waals surface area contributed by atoms with Crippen LogP contribution in [0.4, 0.5) is 4.79 Å². The lowest BCUT2D eigenvalue weighted by Gasteiger charge is -2.27. The average Bonchev–Trinajstić information content (AvgIpc) is 3.19. The lowest BCUT2D eigenvalue weighted by atomic mass is 10.0. The Morgan fingerprint density at radius 3 is 2.96 bits per heavy atom. The molecule has 26 heavy (non-hydrogen) atoms. The molecule has 0 aliphatic carbocycles. The summed E-state index contributed by atoms with van der Waals surface area (Å²) in [6, 6.07) is 6.07. The quantitative estimate of drug-likeness (QED) is 0.826. The molecule has 2 aliphatic rings. The summed E-state index contributed by atoms with van der Waals surface area (Å²) >= 11 is 0. The number of aromatic amines is 1. The fourth-order valence-electron chi connectivity index (χ4n) is 3.60. The molecule has 0 bridgehead atoms. The van der Waals surface area contributed by atoms with Gasteiger partial charge >= 0.3 is 6.09 Å². The Kier molecular flexibility index (Phi) is 3.93. The van der Waals surface area contributed by atoms with E-state index in [2.05, 4.69) is 11.1 Å². The van der Waals surface area contributed by atoms with E-state index >= 15 is 0 Å². The Morgan fingerprint density at radius 2 is 2.19 bits per heavy atom. The summed E-state index contributed by atoms with van der Waals surface area (Å²) < 4.78 is 11.4. The molecule has 1 amide bonds. The van der Waals surface area contributed by atoms with Crippen LogP contribution in [-0.2, 0) is 11.3 Å². The summed E-state index contributed by atoms with van der Waals surface area (Å²) in [5.74, 6) is 1.68. The number of aromatic nitrogens is 2. The molecular weight excluding hydrogens is 330 g/mol. The highest BCUT2D eigenvalue weighted by Gasteiger charge is 2.36. The number of fused-ring (bicyclic) bond motifs is 3. The van der Waals surface area contributed by atoms with Crippen LogP contribution >= 0.6 is 0 Å². The maximum absolute atomic E-state index is 12.6. The van der Waals surface area contributed by atoms with Crippen molar-refractivity contribution in [2.45, 2.75) is 58.8 Å². The molecule has 4 rings (SSSR count). The van der Waals surface area contributed by atoms with Crippen molar-refractivity contribution >= 4 is 6.09 Å². The summed E-state index contributed by atoms with van der Waals surface area (Å²) in [5.41, 5.74) is 3.55. The van der Waals surface area contributed by atoms with E-state index in [4.69, 9.17) is 14.5 Å². The second-order valence-corrected chi connectivity index (χ2v) is 8.07. The van der Waals surface area contributed by atoms with E-state index in [9.17, 15) is 4.79 Å². The average molecular weight is 355 g/mol. The first-order chi connectivity index (χ1) is 12.3. The van der Waals surface area contributed by atoms with E-state index in [0.717, 1.165) is 46.9 Å². The van der Waals surface area contributed by atoms with Gasteiger partial charge in [0.05, 0.1) is 17.4 Å². The minimum absolute atomic E-state index is 0.0793. The zero-order valence-corrected chi connectivity index (χ0v) is 15.8. The van der Waals surface area contributed by atoms with Gasteiger partial charge in [0, 0.05) is 12.1 Å². The van der Waals surface area contributed by atoms with Gasteiger partial charge in [-0.2, -0.15) is 0 Å². The van der Waals surface area contributed by atoms with Gasteiger partial charge < -0.3 is 14.5 Å². The van der Waals surface area contributed by atoms with Gasteiger partial charge in [0.25, 0.3) is 0 Å². The first-order valence-electron chi connectivity index (χ1n) is 9.14. The maximum Gasteiger partial charge on any atom is 0.410 e. The smallest absolute Gasteiger partial charge is 0.410 e. The van der Waals surface area contributed by atoms with Gasteiger partial charge in [-0.25, -0.2) is 9.78 Å². The molecule has 3 heterocycles. The number of carbonyl (C=O) groups excluding carboxylic acids is 1. The molecule has 6 nitrogen and oxygen atoms in total. The van der Waals surface area contributed by atoms with E-state index in [0.29, 0.717) is 13.2 Å². The number of nitrogens with zero attached hydrogens (tertiary/aromatic N) is 2. The Morgan fingerprint density at radius 1 is 1.38 bits per heavy atom. The van der Waals surface area contributed by atoms with Gasteiger partial charge in [0.1, 0.15) is 23.8 Å². The van der Waals surface area contributed by atoms with Gasteiger partial charge in [-0.1, -0.05) is 6.07 Å². The van der Waals surface area contributed by atoms with Crippen LogP contribution in [0, 0.1) is 6.92 Å². The normalized spacial score (nSPS) is 18.9. The molecular formula is C20H25N3O3. The van der Waals surface area contributed by atoms with Gasteiger partial charge in [0.15, 0.2) is 0 Å². The number of aryl methyl sites for hydroxylation is 1. The molecule has 2 aliphatic heterocycles. The summed E-state index contributed by atoms with van der Waals surface area (Å²) in [6.45, 7) is 8.87. The van der Waals surface area contributed by atoms with Crippen molar-refractivity contribution in [1.29, 1.82) is 0 Å². The number of hydrogen-bond donors (Lipinski definition) is 1. The van der Waals surface area contributed by atoms with Crippen LogP contribution in [0.25, 0.3) is 11.3 Å². The predicted octanol–water partition coefficient (Wildman–Crippen LogP) is 4.35. The third-order valence-electron chi connectivity index (χ3n) is 4.76. The fourth-order valence-corrected chi connectivity index (χ4v) is 3.60. The van der Waals surface area contributed by atoms with E-state index < -0.39 is 5.60 Å². The third kappa shape index (κ3) is 3.04. The van der Waals surface area contributed by atoms with Crippen molar-refractivity contribution in [3.8, 4) is 17.0 Å². The zero-order valence-electron chi connectivity index (χ0n) is 15.8. The van der Waals surface area contributed by atoms with Crippen molar-refractivity contribution in [1.82, 2.24) is 14.9 Å². The van der Waals surface area contributed by atoms with E-state index in [1.807, 2.05) is 39.8 Å². The molecule has 6 heteroatoms. The third-order valence-corrected chi connectivity index (χ3v) is 4.76. The number of H-pyrrole nitrogens is 1. The topological polar surface area (TPSA) is 67.5 Å². The fraction of sp³-hybridized carbons (Fsp3) is 0.500. The Hall–Kier alpha value is -2.50. The summed E-state index contributed by atoms with van der Waals surface area (Å²) in [6.07, 6.45) is 1.55. The van der Waals surface area contributed by atoms with Crippen molar-refractivity contribution in [3.63, 3.8) is 0 Å². The maximum atomic E-state index is 12.6. The summed E-state index contributed by atoms with van der Waals surface area (Å²) in [4.78, 5) is 22.6. The van der Waals surface area contributed by atoms with E-state index in [-0.39, 0.29) is 12.1 Å². The first kappa shape index (κ1) is 16.9. The number of ether oxygens (including phenoxy) is 2. The first-order valence-corrected chi connectivity index (χ1v) is 9.14. The second kappa shape index (κ2) is 6.04. The van der Waals surface area contributed by atoms with Crippen molar-refractivity contribution in [2.75, 3.05) is 6.54 Å². The lowest BCUT2D eigenvalue weighted by molar-refractivity contribution is 0.0218. The number of hydrogen-bond acceptors (Lipinski definition) is 4. The van der Waals surface area contributed by atoms with Crippen molar-refractivity contribution in [2.24, 2.45) is 0 Å².